The van der Waals surface area contributed by atoms with Crippen LogP contribution in [0.4, 0.5) is 0 Å². The Labute approximate surface area is 166 Å². The maximum atomic E-state index is 12.4. The molecule has 0 bridgehead atoms. The van der Waals surface area contributed by atoms with Crippen molar-refractivity contribution >= 4 is 21.1 Å². The predicted octanol–water partition coefficient (Wildman–Crippen LogP) is 3.45. The molecule has 7 nitrogen and oxygen atoms in total. The lowest BCUT2D eigenvalue weighted by Crippen LogP contribution is -2.22. The van der Waals surface area contributed by atoms with Gasteiger partial charge in [0.05, 0.1) is 28.5 Å². The minimum atomic E-state index is -3.49. The highest BCUT2D eigenvalue weighted by Gasteiger charge is 2.20. The van der Waals surface area contributed by atoms with E-state index >= 15 is 0 Å². The van der Waals surface area contributed by atoms with Crippen molar-refractivity contribution in [2.24, 2.45) is 0 Å². The highest BCUT2D eigenvalue weighted by atomic mass is 32.2. The molecule has 0 fully saturated rings. The number of imidazole rings is 1. The highest BCUT2D eigenvalue weighted by molar-refractivity contribution is 7.89. The Kier molecular flexibility index (Phi) is 5.92. The molecule has 2 heterocycles. The Morgan fingerprint density at radius 2 is 2.00 bits per heavy atom. The summed E-state index contributed by atoms with van der Waals surface area (Å²) in [6.45, 7) is 7.47. The third-order valence-electron chi connectivity index (χ3n) is 4.78. The fourth-order valence-electron chi connectivity index (χ4n) is 3.17. The number of hydrogen-bond donors (Lipinski definition) is 1. The maximum Gasteiger partial charge on any atom is 0.242 e. The van der Waals surface area contributed by atoms with E-state index in [0.29, 0.717) is 12.1 Å². The van der Waals surface area contributed by atoms with Gasteiger partial charge in [-0.25, -0.2) is 17.7 Å². The normalized spacial score (nSPS) is 13.5. The first-order valence-electron chi connectivity index (χ1n) is 9.45. The molecule has 0 amide bonds. The summed E-state index contributed by atoms with van der Waals surface area (Å²) in [6.07, 6.45) is 0.961. The summed E-state index contributed by atoms with van der Waals surface area (Å²) in [5, 5.41) is 3.45. The average Bonchev–Trinajstić information content (AvgIpc) is 3.23. The quantitative estimate of drug-likeness (QED) is 0.622. The molecule has 0 saturated carbocycles. The average molecular weight is 405 g/mol. The Hall–Kier alpha value is -2.16. The summed E-state index contributed by atoms with van der Waals surface area (Å²) in [7, 11) is -0.427. The molecule has 0 spiro atoms. The zero-order chi connectivity index (χ0) is 20.5. The van der Waals surface area contributed by atoms with Crippen LogP contribution >= 0.6 is 0 Å². The second-order valence-electron chi connectivity index (χ2n) is 7.17. The molecule has 1 atom stereocenters. The SMILES string of the molecule is CCCn1c(CNC(C)c2ccc(C)o2)nc2cc(S(=O)(=O)N(C)C)ccc21. The van der Waals surface area contributed by atoms with Crippen molar-refractivity contribution in [2.45, 2.75) is 51.2 Å². The van der Waals surface area contributed by atoms with Gasteiger partial charge in [-0.15, -0.1) is 0 Å². The Balaban J connectivity index is 1.91. The summed E-state index contributed by atoms with van der Waals surface area (Å²) < 4.78 is 33.9. The molecule has 0 aliphatic rings. The van der Waals surface area contributed by atoms with E-state index in [0.717, 1.165) is 35.8 Å². The summed E-state index contributed by atoms with van der Waals surface area (Å²) in [6, 6.07) is 9.12. The van der Waals surface area contributed by atoms with E-state index < -0.39 is 10.0 Å². The van der Waals surface area contributed by atoms with Gasteiger partial charge in [0.1, 0.15) is 17.3 Å². The standard InChI is InChI=1S/C20H28N4O3S/c1-6-11-24-18-9-8-16(28(25,26)23(4)5)12-17(18)22-20(24)13-21-15(3)19-10-7-14(2)27-19/h7-10,12,15,21H,6,11,13H2,1-5H3. The Morgan fingerprint density at radius 3 is 2.61 bits per heavy atom. The van der Waals surface area contributed by atoms with E-state index in [1.54, 1.807) is 12.1 Å². The minimum absolute atomic E-state index is 0.0493. The zero-order valence-electron chi connectivity index (χ0n) is 17.1. The number of aromatic nitrogens is 2. The van der Waals surface area contributed by atoms with Crippen molar-refractivity contribution < 1.29 is 12.8 Å². The van der Waals surface area contributed by atoms with Crippen molar-refractivity contribution in [2.75, 3.05) is 14.1 Å². The van der Waals surface area contributed by atoms with Crippen LogP contribution in [0.15, 0.2) is 39.6 Å². The lowest BCUT2D eigenvalue weighted by Gasteiger charge is -2.13. The Morgan fingerprint density at radius 1 is 1.25 bits per heavy atom. The van der Waals surface area contributed by atoms with Gasteiger partial charge in [0.15, 0.2) is 0 Å². The summed E-state index contributed by atoms with van der Waals surface area (Å²) in [4.78, 5) is 4.98. The first-order chi connectivity index (χ1) is 13.2. The number of nitrogens with one attached hydrogen (secondary N) is 1. The number of benzene rings is 1. The van der Waals surface area contributed by atoms with Crippen LogP contribution in [-0.4, -0.2) is 36.4 Å². The zero-order valence-corrected chi connectivity index (χ0v) is 17.9. The second kappa shape index (κ2) is 8.06. The van der Waals surface area contributed by atoms with Crippen LogP contribution in [0.25, 0.3) is 11.0 Å². The molecular weight excluding hydrogens is 376 g/mol. The van der Waals surface area contributed by atoms with Crippen LogP contribution in [0.1, 0.15) is 43.7 Å². The molecule has 0 aliphatic carbocycles. The molecule has 1 N–H and O–H groups in total. The van der Waals surface area contributed by atoms with Crippen molar-refractivity contribution in [1.82, 2.24) is 19.2 Å². The number of furan rings is 1. The number of aryl methyl sites for hydroxylation is 2. The van der Waals surface area contributed by atoms with E-state index in [9.17, 15) is 8.42 Å². The van der Waals surface area contributed by atoms with Gasteiger partial charge in [0.25, 0.3) is 0 Å². The topological polar surface area (TPSA) is 80.4 Å². The Bertz CT molecular complexity index is 1070. The van der Waals surface area contributed by atoms with E-state index in [-0.39, 0.29) is 10.9 Å². The second-order valence-corrected chi connectivity index (χ2v) is 9.32. The molecule has 152 valence electrons. The number of sulfonamides is 1. The van der Waals surface area contributed by atoms with Gasteiger partial charge in [0.2, 0.25) is 10.0 Å². The number of nitrogens with zero attached hydrogens (tertiary/aromatic N) is 3. The van der Waals surface area contributed by atoms with Gasteiger partial charge in [-0.2, -0.15) is 0 Å². The predicted molar refractivity (Wildman–Crippen MR) is 110 cm³/mol. The number of rotatable bonds is 8. The lowest BCUT2D eigenvalue weighted by atomic mass is 10.2. The van der Waals surface area contributed by atoms with E-state index in [1.165, 1.54) is 18.4 Å². The van der Waals surface area contributed by atoms with Gasteiger partial charge in [-0.1, -0.05) is 6.92 Å². The van der Waals surface area contributed by atoms with Crippen LogP contribution in [0.2, 0.25) is 0 Å². The fourth-order valence-corrected chi connectivity index (χ4v) is 4.09. The van der Waals surface area contributed by atoms with Crippen LogP contribution in [-0.2, 0) is 23.1 Å². The van der Waals surface area contributed by atoms with Crippen molar-refractivity contribution in [3.63, 3.8) is 0 Å². The van der Waals surface area contributed by atoms with E-state index in [4.69, 9.17) is 9.40 Å². The smallest absolute Gasteiger partial charge is 0.242 e. The van der Waals surface area contributed by atoms with Crippen LogP contribution in [0, 0.1) is 6.92 Å². The number of fused-ring (bicyclic) bond motifs is 1. The third kappa shape index (κ3) is 3.99. The first kappa shape index (κ1) is 20.6. The van der Waals surface area contributed by atoms with Gasteiger partial charge >= 0.3 is 0 Å². The third-order valence-corrected chi connectivity index (χ3v) is 6.59. The molecule has 2 aromatic heterocycles. The lowest BCUT2D eigenvalue weighted by molar-refractivity contribution is 0.410. The van der Waals surface area contributed by atoms with Gasteiger partial charge < -0.3 is 14.3 Å². The maximum absolute atomic E-state index is 12.4. The van der Waals surface area contributed by atoms with E-state index in [2.05, 4.69) is 16.8 Å². The molecule has 0 saturated heterocycles. The molecular formula is C20H28N4O3S. The van der Waals surface area contributed by atoms with Crippen molar-refractivity contribution in [3.8, 4) is 0 Å². The first-order valence-corrected chi connectivity index (χ1v) is 10.9. The van der Waals surface area contributed by atoms with Crippen molar-refractivity contribution in [1.29, 1.82) is 0 Å². The molecule has 1 unspecified atom stereocenters. The minimum Gasteiger partial charge on any atom is -0.465 e. The van der Waals surface area contributed by atoms with Crippen LogP contribution < -0.4 is 5.32 Å². The highest BCUT2D eigenvalue weighted by Crippen LogP contribution is 2.23. The van der Waals surface area contributed by atoms with Gasteiger partial charge in [0, 0.05) is 20.6 Å². The van der Waals surface area contributed by atoms with E-state index in [1.807, 2.05) is 32.0 Å². The van der Waals surface area contributed by atoms with Gasteiger partial charge in [-0.3, -0.25) is 0 Å². The summed E-state index contributed by atoms with van der Waals surface area (Å²) in [5.74, 6) is 2.65. The van der Waals surface area contributed by atoms with Crippen molar-refractivity contribution in [3.05, 3.63) is 47.7 Å². The monoisotopic (exact) mass is 404 g/mol. The van der Waals surface area contributed by atoms with Gasteiger partial charge in [-0.05, 0) is 50.6 Å². The largest absolute Gasteiger partial charge is 0.465 e. The van der Waals surface area contributed by atoms with Crippen LogP contribution in [0.3, 0.4) is 0 Å². The number of hydrogen-bond acceptors (Lipinski definition) is 5. The molecule has 0 radical (unpaired) electrons. The van der Waals surface area contributed by atoms with Crippen LogP contribution in [0.5, 0.6) is 0 Å². The molecule has 8 heteroatoms. The molecule has 28 heavy (non-hydrogen) atoms. The molecule has 3 aromatic rings. The fraction of sp³-hybridized carbons (Fsp3) is 0.450. The molecule has 3 rings (SSSR count). The summed E-state index contributed by atoms with van der Waals surface area (Å²) in [5.41, 5.74) is 1.63. The molecule has 1 aromatic carbocycles. The molecule has 0 aliphatic heterocycles. The summed E-state index contributed by atoms with van der Waals surface area (Å²) >= 11 is 0.